The maximum Gasteiger partial charge on any atom is 0.319 e. The van der Waals surface area contributed by atoms with Crippen LogP contribution in [-0.4, -0.2) is 17.0 Å². The van der Waals surface area contributed by atoms with Gasteiger partial charge in [-0.2, -0.15) is 0 Å². The highest BCUT2D eigenvalue weighted by Crippen LogP contribution is 2.42. The average Bonchev–Trinajstić information content (AvgIpc) is 2.21. The molecule has 0 radical (unpaired) electrons. The van der Waals surface area contributed by atoms with Gasteiger partial charge in [0.1, 0.15) is 11.2 Å². The molecule has 18 heavy (non-hydrogen) atoms. The van der Waals surface area contributed by atoms with Gasteiger partial charge in [-0.05, 0) is 31.0 Å². The van der Waals surface area contributed by atoms with Crippen molar-refractivity contribution in [2.75, 3.05) is 5.32 Å². The van der Waals surface area contributed by atoms with Crippen molar-refractivity contribution >= 4 is 29.2 Å². The molecule has 1 amide bonds. The maximum atomic E-state index is 13.4. The van der Waals surface area contributed by atoms with Crippen molar-refractivity contribution in [2.24, 2.45) is 5.41 Å². The van der Waals surface area contributed by atoms with Gasteiger partial charge in [-0.15, -0.1) is 0 Å². The third-order valence-corrected chi connectivity index (χ3v) is 3.46. The normalized spacial score (nSPS) is 16.8. The quantitative estimate of drug-likeness (QED) is 0.831. The first kappa shape index (κ1) is 12.8. The predicted molar refractivity (Wildman–Crippen MR) is 64.0 cm³/mol. The molecule has 4 nitrogen and oxygen atoms in total. The number of anilines is 1. The second-order valence-electron chi connectivity index (χ2n) is 4.32. The second kappa shape index (κ2) is 4.57. The van der Waals surface area contributed by atoms with Crippen LogP contribution in [0.4, 0.5) is 10.1 Å². The van der Waals surface area contributed by atoms with Crippen LogP contribution in [0.1, 0.15) is 19.3 Å². The Kier molecular flexibility index (Phi) is 3.26. The van der Waals surface area contributed by atoms with Gasteiger partial charge in [-0.1, -0.05) is 18.0 Å². The van der Waals surface area contributed by atoms with Crippen molar-refractivity contribution in [3.63, 3.8) is 0 Å². The fraction of sp³-hybridized carbons (Fsp3) is 0.333. The summed E-state index contributed by atoms with van der Waals surface area (Å²) in [5, 5.41) is 11.6. The van der Waals surface area contributed by atoms with E-state index in [1.807, 2.05) is 0 Å². The van der Waals surface area contributed by atoms with Crippen molar-refractivity contribution in [1.82, 2.24) is 0 Å². The molecule has 2 N–H and O–H groups in total. The predicted octanol–water partition coefficient (Wildman–Crippen LogP) is 2.67. The molecule has 0 spiro atoms. The van der Waals surface area contributed by atoms with Crippen LogP contribution in [0.2, 0.25) is 5.02 Å². The zero-order valence-corrected chi connectivity index (χ0v) is 10.1. The highest BCUT2D eigenvalue weighted by Gasteiger charge is 2.51. The maximum absolute atomic E-state index is 13.4. The van der Waals surface area contributed by atoms with Gasteiger partial charge in [0.15, 0.2) is 0 Å². The molecule has 96 valence electrons. The molecule has 0 unspecified atom stereocenters. The molecule has 1 aromatic carbocycles. The third kappa shape index (κ3) is 2.06. The van der Waals surface area contributed by atoms with Crippen molar-refractivity contribution in [3.05, 3.63) is 29.0 Å². The molecule has 1 saturated carbocycles. The Labute approximate surface area is 108 Å². The van der Waals surface area contributed by atoms with Gasteiger partial charge < -0.3 is 10.4 Å². The molecule has 0 bridgehead atoms. The molecule has 0 aromatic heterocycles. The Bertz CT molecular complexity index is 514. The van der Waals surface area contributed by atoms with E-state index in [0.29, 0.717) is 6.42 Å². The van der Waals surface area contributed by atoms with Gasteiger partial charge >= 0.3 is 5.97 Å². The summed E-state index contributed by atoms with van der Waals surface area (Å²) in [6, 6.07) is 3.72. The highest BCUT2D eigenvalue weighted by atomic mass is 35.5. The van der Waals surface area contributed by atoms with E-state index in [1.165, 1.54) is 12.1 Å². The van der Waals surface area contributed by atoms with Crippen LogP contribution < -0.4 is 5.32 Å². The van der Waals surface area contributed by atoms with Crippen molar-refractivity contribution in [2.45, 2.75) is 19.3 Å². The van der Waals surface area contributed by atoms with Gasteiger partial charge in [-0.3, -0.25) is 9.59 Å². The van der Waals surface area contributed by atoms with Gasteiger partial charge in [0.25, 0.3) is 0 Å². The Hall–Kier alpha value is -1.62. The summed E-state index contributed by atoms with van der Waals surface area (Å²) in [6.45, 7) is 0. The summed E-state index contributed by atoms with van der Waals surface area (Å²) in [4.78, 5) is 23.0. The first-order valence-corrected chi connectivity index (χ1v) is 5.83. The smallest absolute Gasteiger partial charge is 0.319 e. The van der Waals surface area contributed by atoms with Gasteiger partial charge in [-0.25, -0.2) is 4.39 Å². The highest BCUT2D eigenvalue weighted by molar-refractivity contribution is 6.31. The summed E-state index contributed by atoms with van der Waals surface area (Å²) >= 11 is 5.69. The molecule has 6 heteroatoms. The lowest BCUT2D eigenvalue weighted by Crippen LogP contribution is -2.48. The number of carbonyl (C=O) groups excluding carboxylic acids is 1. The molecule has 0 aliphatic heterocycles. The Morgan fingerprint density at radius 1 is 1.39 bits per heavy atom. The van der Waals surface area contributed by atoms with Crippen LogP contribution in [0.5, 0.6) is 0 Å². The number of carboxylic acid groups (broad SMARTS) is 1. The summed E-state index contributed by atoms with van der Waals surface area (Å²) in [6.07, 6.45) is 1.23. The van der Waals surface area contributed by atoms with Crippen molar-refractivity contribution < 1.29 is 19.1 Å². The lowest BCUT2D eigenvalue weighted by molar-refractivity contribution is -0.159. The number of benzene rings is 1. The third-order valence-electron chi connectivity index (χ3n) is 3.23. The first-order valence-electron chi connectivity index (χ1n) is 5.45. The molecule has 0 atom stereocenters. The molecule has 0 saturated heterocycles. The van der Waals surface area contributed by atoms with Gasteiger partial charge in [0.2, 0.25) is 5.91 Å². The largest absolute Gasteiger partial charge is 0.480 e. The van der Waals surface area contributed by atoms with Crippen molar-refractivity contribution in [1.29, 1.82) is 0 Å². The minimum absolute atomic E-state index is 0.0972. The van der Waals surface area contributed by atoms with Crippen LogP contribution in [0.25, 0.3) is 0 Å². The fourth-order valence-corrected chi connectivity index (χ4v) is 2.08. The van der Waals surface area contributed by atoms with Crippen LogP contribution >= 0.6 is 11.6 Å². The summed E-state index contributed by atoms with van der Waals surface area (Å²) in [5.74, 6) is -2.51. The van der Waals surface area contributed by atoms with Crippen LogP contribution in [0.15, 0.2) is 18.2 Å². The Morgan fingerprint density at radius 2 is 2.06 bits per heavy atom. The van der Waals surface area contributed by atoms with E-state index in [-0.39, 0.29) is 23.6 Å². The fourth-order valence-electron chi connectivity index (χ4n) is 1.90. The molecular weight excluding hydrogens is 261 g/mol. The number of rotatable bonds is 3. The second-order valence-corrected chi connectivity index (χ2v) is 4.76. The Balaban J connectivity index is 2.21. The minimum Gasteiger partial charge on any atom is -0.480 e. The van der Waals surface area contributed by atoms with Crippen LogP contribution in [0, 0.1) is 11.2 Å². The molecule has 2 rings (SSSR count). The molecule has 1 aliphatic carbocycles. The van der Waals surface area contributed by atoms with Crippen molar-refractivity contribution in [3.8, 4) is 0 Å². The SMILES string of the molecule is O=C(O)C1(C(=O)Nc2cc(Cl)ccc2F)CCC1. The summed E-state index contributed by atoms with van der Waals surface area (Å²) in [7, 11) is 0. The molecule has 0 heterocycles. The summed E-state index contributed by atoms with van der Waals surface area (Å²) < 4.78 is 13.4. The monoisotopic (exact) mass is 271 g/mol. The first-order chi connectivity index (χ1) is 8.45. The zero-order valence-electron chi connectivity index (χ0n) is 9.37. The van der Waals surface area contributed by atoms with E-state index in [0.717, 1.165) is 6.07 Å². The molecule has 1 aliphatic rings. The van der Waals surface area contributed by atoms with E-state index in [2.05, 4.69) is 5.32 Å². The minimum atomic E-state index is -1.42. The number of hydrogen-bond donors (Lipinski definition) is 2. The van der Waals surface area contributed by atoms with E-state index in [9.17, 15) is 14.0 Å². The van der Waals surface area contributed by atoms with E-state index < -0.39 is 23.1 Å². The average molecular weight is 272 g/mol. The van der Waals surface area contributed by atoms with Crippen LogP contribution in [0.3, 0.4) is 0 Å². The molecular formula is C12H11ClFNO3. The number of carbonyl (C=O) groups is 2. The number of halogens is 2. The Morgan fingerprint density at radius 3 is 2.56 bits per heavy atom. The summed E-state index contributed by atoms with van der Waals surface area (Å²) in [5.41, 5.74) is -1.52. The van der Waals surface area contributed by atoms with Crippen LogP contribution in [-0.2, 0) is 9.59 Å². The van der Waals surface area contributed by atoms with Gasteiger partial charge in [0, 0.05) is 5.02 Å². The molecule has 1 aromatic rings. The number of amides is 1. The zero-order chi connectivity index (χ0) is 13.3. The standard InChI is InChI=1S/C12H11ClFNO3/c13-7-2-3-8(14)9(6-7)15-10(16)12(11(17)18)4-1-5-12/h2-3,6H,1,4-5H2,(H,15,16)(H,17,18). The van der Waals surface area contributed by atoms with E-state index in [1.54, 1.807) is 0 Å². The van der Waals surface area contributed by atoms with E-state index >= 15 is 0 Å². The van der Waals surface area contributed by atoms with E-state index in [4.69, 9.17) is 16.7 Å². The van der Waals surface area contributed by atoms with Gasteiger partial charge in [0.05, 0.1) is 5.69 Å². The topological polar surface area (TPSA) is 66.4 Å². The number of carboxylic acids is 1. The lowest BCUT2D eigenvalue weighted by Gasteiger charge is -2.35. The lowest BCUT2D eigenvalue weighted by atomic mass is 9.68. The number of aliphatic carboxylic acids is 1. The number of hydrogen-bond acceptors (Lipinski definition) is 2. The number of nitrogens with one attached hydrogen (secondary N) is 1. The molecule has 1 fully saturated rings.